The third-order valence-corrected chi connectivity index (χ3v) is 3.93. The van der Waals surface area contributed by atoms with Crippen LogP contribution in [0.5, 0.6) is 0 Å². The van der Waals surface area contributed by atoms with Crippen molar-refractivity contribution in [2.75, 3.05) is 31.5 Å². The first kappa shape index (κ1) is 13.4. The number of aromatic nitrogens is 2. The molecule has 0 bridgehead atoms. The van der Waals surface area contributed by atoms with Crippen molar-refractivity contribution < 1.29 is 4.79 Å². The van der Waals surface area contributed by atoms with E-state index in [2.05, 4.69) is 24.9 Å². The van der Waals surface area contributed by atoms with Crippen molar-refractivity contribution in [3.8, 4) is 0 Å². The molecular weight excluding hydrogens is 250 g/mol. The van der Waals surface area contributed by atoms with Crippen LogP contribution < -0.4 is 10.6 Å². The van der Waals surface area contributed by atoms with E-state index in [-0.39, 0.29) is 5.91 Å². The first-order valence-corrected chi connectivity index (χ1v) is 6.85. The Morgan fingerprint density at radius 2 is 2.11 bits per heavy atom. The normalized spacial score (nSPS) is 17.7. The van der Waals surface area contributed by atoms with Gasteiger partial charge in [-0.05, 0) is 20.8 Å². The van der Waals surface area contributed by atoms with Gasteiger partial charge in [0.25, 0.3) is 0 Å². The van der Waals surface area contributed by atoms with Crippen LogP contribution >= 0.6 is 11.5 Å². The lowest BCUT2D eigenvalue weighted by atomic mass is 10.0. The van der Waals surface area contributed by atoms with Crippen LogP contribution in [0.25, 0.3) is 0 Å². The van der Waals surface area contributed by atoms with E-state index in [0.29, 0.717) is 11.0 Å². The van der Waals surface area contributed by atoms with Gasteiger partial charge in [-0.1, -0.05) is 0 Å². The number of aryl methyl sites for hydroxylation is 1. The molecule has 0 unspecified atom stereocenters. The quantitative estimate of drug-likeness (QED) is 0.834. The summed E-state index contributed by atoms with van der Waals surface area (Å²) in [5, 5.41) is 6.70. The number of anilines is 1. The molecule has 2 rings (SSSR count). The molecule has 0 saturated carbocycles. The van der Waals surface area contributed by atoms with Gasteiger partial charge in [-0.15, -0.1) is 0 Å². The van der Waals surface area contributed by atoms with Gasteiger partial charge in [0.2, 0.25) is 11.0 Å². The van der Waals surface area contributed by atoms with Crippen LogP contribution in [-0.2, 0) is 4.79 Å². The van der Waals surface area contributed by atoms with Gasteiger partial charge in [-0.25, -0.2) is 4.98 Å². The maximum atomic E-state index is 12.3. The predicted molar refractivity (Wildman–Crippen MR) is 71.8 cm³/mol. The summed E-state index contributed by atoms with van der Waals surface area (Å²) in [7, 11) is 0. The van der Waals surface area contributed by atoms with Crippen molar-refractivity contribution in [1.29, 1.82) is 0 Å². The standard InChI is InChI=1S/C11H19N5OS/c1-8-13-10(18-15-8)14-9(17)11(2,3)16-6-4-12-5-7-16/h12H,4-7H2,1-3H3,(H,13,14,15,17). The van der Waals surface area contributed by atoms with Crippen LogP contribution in [-0.4, -0.2) is 51.9 Å². The summed E-state index contributed by atoms with van der Waals surface area (Å²) in [6.07, 6.45) is 0. The van der Waals surface area contributed by atoms with Crippen molar-refractivity contribution in [3.05, 3.63) is 5.82 Å². The summed E-state index contributed by atoms with van der Waals surface area (Å²) in [5.74, 6) is 0.663. The second-order valence-electron chi connectivity index (χ2n) is 4.90. The van der Waals surface area contributed by atoms with Crippen LogP contribution in [0.15, 0.2) is 0 Å². The highest BCUT2D eigenvalue weighted by Crippen LogP contribution is 2.19. The average molecular weight is 269 g/mol. The largest absolute Gasteiger partial charge is 0.314 e. The highest BCUT2D eigenvalue weighted by molar-refractivity contribution is 7.09. The van der Waals surface area contributed by atoms with E-state index in [9.17, 15) is 4.79 Å². The summed E-state index contributed by atoms with van der Waals surface area (Å²) in [5.41, 5.74) is -0.526. The third-order valence-electron chi connectivity index (χ3n) is 3.21. The molecule has 2 heterocycles. The zero-order chi connectivity index (χ0) is 13.2. The molecule has 2 N–H and O–H groups in total. The minimum Gasteiger partial charge on any atom is -0.314 e. The highest BCUT2D eigenvalue weighted by atomic mass is 32.1. The van der Waals surface area contributed by atoms with Crippen LogP contribution in [0.3, 0.4) is 0 Å². The van der Waals surface area contributed by atoms with Gasteiger partial charge in [0.05, 0.1) is 5.54 Å². The van der Waals surface area contributed by atoms with Gasteiger partial charge < -0.3 is 5.32 Å². The van der Waals surface area contributed by atoms with Crippen molar-refractivity contribution in [3.63, 3.8) is 0 Å². The molecule has 1 saturated heterocycles. The summed E-state index contributed by atoms with van der Waals surface area (Å²) < 4.78 is 4.06. The second-order valence-corrected chi connectivity index (χ2v) is 5.65. The number of amides is 1. The van der Waals surface area contributed by atoms with E-state index in [1.54, 1.807) is 0 Å². The molecule has 0 spiro atoms. The van der Waals surface area contributed by atoms with Gasteiger partial charge in [0.15, 0.2) is 0 Å². The molecule has 1 aromatic heterocycles. The minimum atomic E-state index is -0.526. The smallest absolute Gasteiger partial charge is 0.246 e. The fourth-order valence-corrected chi connectivity index (χ4v) is 2.54. The Labute approximate surface area is 111 Å². The summed E-state index contributed by atoms with van der Waals surface area (Å²) >= 11 is 1.22. The van der Waals surface area contributed by atoms with Crippen LogP contribution in [0.4, 0.5) is 5.13 Å². The molecule has 7 heteroatoms. The molecule has 18 heavy (non-hydrogen) atoms. The van der Waals surface area contributed by atoms with E-state index in [1.165, 1.54) is 11.5 Å². The number of hydrogen-bond donors (Lipinski definition) is 2. The van der Waals surface area contributed by atoms with E-state index >= 15 is 0 Å². The molecule has 0 radical (unpaired) electrons. The second kappa shape index (κ2) is 5.29. The van der Waals surface area contributed by atoms with Gasteiger partial charge in [0, 0.05) is 37.7 Å². The van der Waals surface area contributed by atoms with E-state index in [4.69, 9.17) is 0 Å². The summed E-state index contributed by atoms with van der Waals surface area (Å²) in [6, 6.07) is 0. The Bertz CT molecular complexity index is 425. The van der Waals surface area contributed by atoms with E-state index < -0.39 is 5.54 Å². The lowest BCUT2D eigenvalue weighted by Crippen LogP contribution is -2.58. The zero-order valence-corrected chi connectivity index (χ0v) is 11.8. The zero-order valence-electron chi connectivity index (χ0n) is 11.0. The molecule has 0 aliphatic carbocycles. The fraction of sp³-hybridized carbons (Fsp3) is 0.727. The molecule has 1 aromatic rings. The number of piperazine rings is 1. The molecule has 0 atom stereocenters. The number of nitrogens with zero attached hydrogens (tertiary/aromatic N) is 3. The molecule has 1 aliphatic heterocycles. The Morgan fingerprint density at radius 1 is 1.44 bits per heavy atom. The topological polar surface area (TPSA) is 70.2 Å². The summed E-state index contributed by atoms with van der Waals surface area (Å²) in [6.45, 7) is 9.32. The third kappa shape index (κ3) is 2.85. The Morgan fingerprint density at radius 3 is 2.67 bits per heavy atom. The Kier molecular flexibility index (Phi) is 3.94. The van der Waals surface area contributed by atoms with Crippen LogP contribution in [0.1, 0.15) is 19.7 Å². The number of rotatable bonds is 3. The van der Waals surface area contributed by atoms with E-state index in [0.717, 1.165) is 26.2 Å². The van der Waals surface area contributed by atoms with Gasteiger partial charge >= 0.3 is 0 Å². The molecule has 100 valence electrons. The lowest BCUT2D eigenvalue weighted by molar-refractivity contribution is -0.126. The number of carbonyl (C=O) groups is 1. The average Bonchev–Trinajstić information content (AvgIpc) is 2.76. The fourth-order valence-electron chi connectivity index (χ4n) is 1.97. The van der Waals surface area contributed by atoms with Crippen molar-refractivity contribution in [1.82, 2.24) is 19.6 Å². The molecule has 0 aromatic carbocycles. The Balaban J connectivity index is 2.02. The van der Waals surface area contributed by atoms with Crippen molar-refractivity contribution >= 4 is 22.6 Å². The van der Waals surface area contributed by atoms with Gasteiger partial charge in [-0.3, -0.25) is 15.0 Å². The monoisotopic (exact) mass is 269 g/mol. The number of nitrogens with one attached hydrogen (secondary N) is 2. The van der Waals surface area contributed by atoms with Crippen molar-refractivity contribution in [2.45, 2.75) is 26.3 Å². The number of carbonyl (C=O) groups excluding carboxylic acids is 1. The molecule has 1 aliphatic rings. The predicted octanol–water partition coefficient (Wildman–Crippen LogP) is 0.469. The maximum absolute atomic E-state index is 12.3. The first-order valence-electron chi connectivity index (χ1n) is 6.07. The maximum Gasteiger partial charge on any atom is 0.246 e. The minimum absolute atomic E-state index is 0.0273. The number of hydrogen-bond acceptors (Lipinski definition) is 6. The molecule has 6 nitrogen and oxygen atoms in total. The van der Waals surface area contributed by atoms with Crippen LogP contribution in [0, 0.1) is 6.92 Å². The summed E-state index contributed by atoms with van der Waals surface area (Å²) in [4.78, 5) is 18.6. The van der Waals surface area contributed by atoms with Gasteiger partial charge in [0.1, 0.15) is 5.82 Å². The molecule has 1 fully saturated rings. The Hall–Kier alpha value is -1.05. The molecular formula is C11H19N5OS. The van der Waals surface area contributed by atoms with Gasteiger partial charge in [-0.2, -0.15) is 4.37 Å². The van der Waals surface area contributed by atoms with Crippen molar-refractivity contribution in [2.24, 2.45) is 0 Å². The van der Waals surface area contributed by atoms with Crippen LogP contribution in [0.2, 0.25) is 0 Å². The molecule has 1 amide bonds. The first-order chi connectivity index (χ1) is 8.50. The highest BCUT2D eigenvalue weighted by Gasteiger charge is 2.35. The lowest BCUT2D eigenvalue weighted by Gasteiger charge is -2.39. The SMILES string of the molecule is Cc1nsc(NC(=O)C(C)(C)N2CCNCC2)n1. The van der Waals surface area contributed by atoms with E-state index in [1.807, 2.05) is 20.8 Å².